The first-order valence-corrected chi connectivity index (χ1v) is 10.9. The first-order chi connectivity index (χ1) is 14.5. The molecule has 1 saturated carbocycles. The predicted molar refractivity (Wildman–Crippen MR) is 113 cm³/mol. The molecule has 1 saturated heterocycles. The molecular formula is C22H27ClN4O3. The van der Waals surface area contributed by atoms with Gasteiger partial charge in [-0.1, -0.05) is 48.2 Å². The number of rotatable bonds is 6. The minimum atomic E-state index is -0.611. The van der Waals surface area contributed by atoms with Crippen molar-refractivity contribution in [2.75, 3.05) is 13.1 Å². The lowest BCUT2D eigenvalue weighted by Gasteiger charge is -2.49. The number of nitrogens with two attached hydrogens (primary N) is 1. The molecule has 2 amide bonds. The van der Waals surface area contributed by atoms with Crippen LogP contribution in [-0.4, -0.2) is 58.0 Å². The van der Waals surface area contributed by atoms with Crippen molar-refractivity contribution in [2.45, 2.75) is 56.7 Å². The van der Waals surface area contributed by atoms with E-state index in [2.05, 4.69) is 5.16 Å². The summed E-state index contributed by atoms with van der Waals surface area (Å²) in [4.78, 5) is 29.5. The van der Waals surface area contributed by atoms with E-state index >= 15 is 0 Å². The molecule has 1 unspecified atom stereocenters. The third kappa shape index (κ3) is 4.52. The molecule has 0 radical (unpaired) electrons. The van der Waals surface area contributed by atoms with Gasteiger partial charge in [-0.3, -0.25) is 9.59 Å². The van der Waals surface area contributed by atoms with E-state index < -0.39 is 6.04 Å². The molecule has 7 nitrogen and oxygen atoms in total. The van der Waals surface area contributed by atoms with Crippen molar-refractivity contribution >= 4 is 23.4 Å². The van der Waals surface area contributed by atoms with E-state index in [9.17, 15) is 9.59 Å². The lowest BCUT2D eigenvalue weighted by Crippen LogP contribution is -2.66. The van der Waals surface area contributed by atoms with Crippen LogP contribution in [0, 0.1) is 0 Å². The van der Waals surface area contributed by atoms with Gasteiger partial charge in [0.1, 0.15) is 0 Å². The Morgan fingerprint density at radius 1 is 1.13 bits per heavy atom. The SMILES string of the molecule is NC(Cc1ccc(Cl)cc1)C(=O)N1CC(N(C(=O)c2ccno2)C2CCCCC2)C1. The number of hydrogen-bond donors (Lipinski definition) is 1. The Labute approximate surface area is 181 Å². The van der Waals surface area contributed by atoms with Gasteiger partial charge in [0.2, 0.25) is 11.7 Å². The number of benzene rings is 1. The maximum Gasteiger partial charge on any atom is 0.293 e. The smallest absolute Gasteiger partial charge is 0.293 e. The highest BCUT2D eigenvalue weighted by Crippen LogP contribution is 2.29. The zero-order valence-corrected chi connectivity index (χ0v) is 17.6. The van der Waals surface area contributed by atoms with Crippen molar-refractivity contribution in [3.05, 3.63) is 52.9 Å². The predicted octanol–water partition coefficient (Wildman–Crippen LogP) is 2.88. The number of aromatic nitrogens is 1. The average molecular weight is 431 g/mol. The molecule has 2 fully saturated rings. The molecule has 2 aromatic rings. The Morgan fingerprint density at radius 3 is 2.47 bits per heavy atom. The number of amides is 2. The molecule has 160 valence electrons. The van der Waals surface area contributed by atoms with Gasteiger partial charge in [0, 0.05) is 30.2 Å². The zero-order valence-electron chi connectivity index (χ0n) is 16.9. The monoisotopic (exact) mass is 430 g/mol. The molecule has 8 heteroatoms. The van der Waals surface area contributed by atoms with E-state index in [-0.39, 0.29) is 29.7 Å². The summed E-state index contributed by atoms with van der Waals surface area (Å²) in [5.41, 5.74) is 7.14. The Morgan fingerprint density at radius 2 is 1.83 bits per heavy atom. The van der Waals surface area contributed by atoms with Crippen LogP contribution in [0.5, 0.6) is 0 Å². The van der Waals surface area contributed by atoms with Crippen LogP contribution < -0.4 is 5.73 Å². The topological polar surface area (TPSA) is 92.7 Å². The van der Waals surface area contributed by atoms with Crippen molar-refractivity contribution in [3.8, 4) is 0 Å². The van der Waals surface area contributed by atoms with Gasteiger partial charge in [0.05, 0.1) is 18.3 Å². The van der Waals surface area contributed by atoms with Crippen LogP contribution in [-0.2, 0) is 11.2 Å². The number of hydrogen-bond acceptors (Lipinski definition) is 5. The number of carbonyl (C=O) groups is 2. The minimum absolute atomic E-state index is 0.0163. The maximum atomic E-state index is 13.1. The van der Waals surface area contributed by atoms with Gasteiger partial charge in [-0.15, -0.1) is 0 Å². The Balaban J connectivity index is 1.38. The number of carbonyl (C=O) groups excluding carboxylic acids is 2. The summed E-state index contributed by atoms with van der Waals surface area (Å²) in [7, 11) is 0. The second-order valence-corrected chi connectivity index (χ2v) is 8.65. The highest BCUT2D eigenvalue weighted by Gasteiger charge is 2.42. The van der Waals surface area contributed by atoms with Gasteiger partial charge in [-0.2, -0.15) is 0 Å². The summed E-state index contributed by atoms with van der Waals surface area (Å²) >= 11 is 5.92. The van der Waals surface area contributed by atoms with E-state index in [1.807, 2.05) is 17.0 Å². The van der Waals surface area contributed by atoms with Crippen LogP contribution >= 0.6 is 11.6 Å². The van der Waals surface area contributed by atoms with Crippen molar-refractivity contribution in [2.24, 2.45) is 5.73 Å². The second-order valence-electron chi connectivity index (χ2n) is 8.22. The fraction of sp³-hybridized carbons (Fsp3) is 0.500. The molecule has 1 aromatic carbocycles. The second kappa shape index (κ2) is 9.18. The zero-order chi connectivity index (χ0) is 21.1. The highest BCUT2D eigenvalue weighted by atomic mass is 35.5. The fourth-order valence-electron chi connectivity index (χ4n) is 4.45. The van der Waals surface area contributed by atoms with Crippen LogP contribution in [0.4, 0.5) is 0 Å². The van der Waals surface area contributed by atoms with Crippen LogP contribution in [0.15, 0.2) is 41.1 Å². The highest BCUT2D eigenvalue weighted by molar-refractivity contribution is 6.30. The maximum absolute atomic E-state index is 13.1. The molecule has 2 N–H and O–H groups in total. The summed E-state index contributed by atoms with van der Waals surface area (Å²) in [6.07, 6.45) is 7.36. The lowest BCUT2D eigenvalue weighted by molar-refractivity contribution is -0.140. The van der Waals surface area contributed by atoms with Crippen LogP contribution in [0.3, 0.4) is 0 Å². The molecule has 30 heavy (non-hydrogen) atoms. The molecule has 2 aliphatic rings. The van der Waals surface area contributed by atoms with Gasteiger partial charge in [0.15, 0.2) is 0 Å². The van der Waals surface area contributed by atoms with E-state index in [1.165, 1.54) is 12.6 Å². The third-order valence-corrected chi connectivity index (χ3v) is 6.36. The molecule has 4 rings (SSSR count). The summed E-state index contributed by atoms with van der Waals surface area (Å²) < 4.78 is 5.12. The van der Waals surface area contributed by atoms with Gasteiger partial charge in [-0.05, 0) is 37.0 Å². The van der Waals surface area contributed by atoms with Gasteiger partial charge in [0.25, 0.3) is 5.91 Å². The molecule has 2 heterocycles. The Kier molecular flexibility index (Phi) is 6.39. The Hall–Kier alpha value is -2.38. The largest absolute Gasteiger partial charge is 0.351 e. The Bertz CT molecular complexity index is 859. The normalized spacial score (nSPS) is 18.7. The lowest BCUT2D eigenvalue weighted by atomic mass is 9.91. The molecule has 1 aromatic heterocycles. The molecule has 1 aliphatic heterocycles. The van der Waals surface area contributed by atoms with Gasteiger partial charge < -0.3 is 20.1 Å². The number of halogens is 1. The fourth-order valence-corrected chi connectivity index (χ4v) is 4.58. The van der Waals surface area contributed by atoms with Crippen molar-refractivity contribution < 1.29 is 14.1 Å². The number of likely N-dealkylation sites (tertiary alicyclic amines) is 1. The molecule has 0 spiro atoms. The third-order valence-electron chi connectivity index (χ3n) is 6.10. The first kappa shape index (κ1) is 20.9. The first-order valence-electron chi connectivity index (χ1n) is 10.5. The van der Waals surface area contributed by atoms with Crippen LogP contribution in [0.1, 0.15) is 48.2 Å². The summed E-state index contributed by atoms with van der Waals surface area (Å²) in [6, 6.07) is 8.52. The van der Waals surface area contributed by atoms with Crippen molar-refractivity contribution in [3.63, 3.8) is 0 Å². The van der Waals surface area contributed by atoms with Gasteiger partial charge >= 0.3 is 0 Å². The van der Waals surface area contributed by atoms with Crippen molar-refractivity contribution in [1.29, 1.82) is 0 Å². The van der Waals surface area contributed by atoms with Crippen LogP contribution in [0.25, 0.3) is 0 Å². The standard InChI is InChI=1S/C22H27ClN4O3/c23-16-8-6-15(7-9-16)12-19(24)21(28)26-13-18(14-26)27(17-4-2-1-3-5-17)22(29)20-10-11-25-30-20/h6-11,17-19H,1-5,12-14,24H2. The molecule has 0 bridgehead atoms. The van der Waals surface area contributed by atoms with Crippen LogP contribution in [0.2, 0.25) is 5.02 Å². The minimum Gasteiger partial charge on any atom is -0.351 e. The van der Waals surface area contributed by atoms with E-state index in [0.29, 0.717) is 24.5 Å². The molecular weight excluding hydrogens is 404 g/mol. The summed E-state index contributed by atoms with van der Waals surface area (Å²) in [6.45, 7) is 1.01. The summed E-state index contributed by atoms with van der Waals surface area (Å²) in [5.74, 6) is 0.0312. The van der Waals surface area contributed by atoms with Crippen molar-refractivity contribution in [1.82, 2.24) is 15.0 Å². The average Bonchev–Trinajstić information content (AvgIpc) is 3.26. The molecule has 1 aliphatic carbocycles. The van der Waals surface area contributed by atoms with E-state index in [1.54, 1.807) is 23.1 Å². The van der Waals surface area contributed by atoms with E-state index in [0.717, 1.165) is 31.2 Å². The van der Waals surface area contributed by atoms with E-state index in [4.69, 9.17) is 21.9 Å². The summed E-state index contributed by atoms with van der Waals surface area (Å²) in [5, 5.41) is 4.33. The quantitative estimate of drug-likeness (QED) is 0.760. The van der Waals surface area contributed by atoms with Gasteiger partial charge in [-0.25, -0.2) is 0 Å². The number of nitrogens with zero attached hydrogens (tertiary/aromatic N) is 3. The molecule has 1 atom stereocenters.